The van der Waals surface area contributed by atoms with E-state index >= 15 is 0 Å². The van der Waals surface area contributed by atoms with E-state index in [4.69, 9.17) is 0 Å². The largest absolute Gasteiger partial charge is 0.0725 e. The van der Waals surface area contributed by atoms with Gasteiger partial charge < -0.3 is 0 Å². The smallest absolute Gasteiger partial charge is 0.0619 e. The number of fused-ring (bicyclic) bond motifs is 7. The zero-order valence-corrected chi connectivity index (χ0v) is 12.6. The van der Waals surface area contributed by atoms with E-state index in [1.54, 1.807) is 0 Å². The average molecular weight is 290 g/mol. The minimum absolute atomic E-state index is 0.0662. The molecular formula is C23H14. The molecule has 0 aliphatic heterocycles. The maximum Gasteiger partial charge on any atom is 0.0725 e. The Balaban J connectivity index is 1.85. The van der Waals surface area contributed by atoms with E-state index in [1.165, 1.54) is 44.2 Å². The van der Waals surface area contributed by atoms with Crippen molar-refractivity contribution in [2.75, 3.05) is 0 Å². The van der Waals surface area contributed by atoms with Crippen molar-refractivity contribution in [3.63, 3.8) is 0 Å². The standard InChI is InChI=1S/C23H14/c1-3-11-18-16(9-1)17-10-2-4-12-19(17)23(18)20-13-5-7-15-8-6-14-21(23)22(15)20/h1-14H. The fourth-order valence-corrected chi connectivity index (χ4v) is 4.86. The van der Waals surface area contributed by atoms with Crippen LogP contribution in [0.2, 0.25) is 0 Å². The van der Waals surface area contributed by atoms with Crippen LogP contribution >= 0.6 is 0 Å². The van der Waals surface area contributed by atoms with Crippen molar-refractivity contribution in [3.8, 4) is 11.1 Å². The molecule has 0 heteroatoms. The van der Waals surface area contributed by atoms with Crippen LogP contribution in [0.25, 0.3) is 21.9 Å². The lowest BCUT2D eigenvalue weighted by Crippen LogP contribution is -2.35. The predicted molar refractivity (Wildman–Crippen MR) is 94.8 cm³/mol. The monoisotopic (exact) mass is 290 g/mol. The summed E-state index contributed by atoms with van der Waals surface area (Å²) in [7, 11) is 0. The Kier molecular flexibility index (Phi) is 1.89. The van der Waals surface area contributed by atoms with Gasteiger partial charge in [0.15, 0.2) is 0 Å². The van der Waals surface area contributed by atoms with Crippen molar-refractivity contribution in [2.24, 2.45) is 0 Å². The second-order valence-corrected chi connectivity index (χ2v) is 6.55. The first kappa shape index (κ1) is 11.7. The molecule has 106 valence electrons. The van der Waals surface area contributed by atoms with Crippen molar-refractivity contribution >= 4 is 10.8 Å². The van der Waals surface area contributed by atoms with Crippen molar-refractivity contribution in [1.29, 1.82) is 0 Å². The Hall–Kier alpha value is -2.86. The first-order chi connectivity index (χ1) is 11.4. The Bertz CT molecular complexity index is 1030. The highest BCUT2D eigenvalue weighted by Gasteiger charge is 2.52. The minimum atomic E-state index is -0.0662. The topological polar surface area (TPSA) is 0 Å². The van der Waals surface area contributed by atoms with Crippen LogP contribution in [0.1, 0.15) is 22.3 Å². The van der Waals surface area contributed by atoms with Crippen LogP contribution in [0.4, 0.5) is 0 Å². The lowest BCUT2D eigenvalue weighted by atomic mass is 9.58. The van der Waals surface area contributed by atoms with Gasteiger partial charge in [0, 0.05) is 0 Å². The van der Waals surface area contributed by atoms with Crippen LogP contribution in [-0.2, 0) is 5.41 Å². The molecule has 0 nitrogen and oxygen atoms in total. The van der Waals surface area contributed by atoms with Crippen LogP contribution < -0.4 is 0 Å². The van der Waals surface area contributed by atoms with Crippen LogP contribution in [0, 0.1) is 0 Å². The summed E-state index contributed by atoms with van der Waals surface area (Å²) >= 11 is 0. The van der Waals surface area contributed by atoms with Crippen LogP contribution in [0.3, 0.4) is 0 Å². The van der Waals surface area contributed by atoms with Crippen LogP contribution in [0.15, 0.2) is 84.9 Å². The van der Waals surface area contributed by atoms with Gasteiger partial charge in [-0.3, -0.25) is 0 Å². The molecule has 0 unspecified atom stereocenters. The van der Waals surface area contributed by atoms with Crippen LogP contribution in [-0.4, -0.2) is 0 Å². The summed E-state index contributed by atoms with van der Waals surface area (Å²) in [6, 6.07) is 31.3. The lowest BCUT2D eigenvalue weighted by Gasteiger charge is -2.43. The Morgan fingerprint density at radius 2 is 0.913 bits per heavy atom. The summed E-state index contributed by atoms with van der Waals surface area (Å²) in [6.45, 7) is 0. The molecule has 23 heavy (non-hydrogen) atoms. The van der Waals surface area contributed by atoms with Gasteiger partial charge in [-0.05, 0) is 44.2 Å². The van der Waals surface area contributed by atoms with Gasteiger partial charge in [-0.2, -0.15) is 0 Å². The second-order valence-electron chi connectivity index (χ2n) is 6.55. The molecule has 2 aliphatic rings. The van der Waals surface area contributed by atoms with E-state index in [0.29, 0.717) is 0 Å². The highest BCUT2D eigenvalue weighted by molar-refractivity contribution is 6.04. The van der Waals surface area contributed by atoms with Crippen molar-refractivity contribution < 1.29 is 0 Å². The van der Waals surface area contributed by atoms with Gasteiger partial charge in [0.2, 0.25) is 0 Å². The fourth-order valence-electron chi connectivity index (χ4n) is 4.86. The number of rotatable bonds is 0. The zero-order valence-electron chi connectivity index (χ0n) is 12.6. The highest BCUT2D eigenvalue weighted by atomic mass is 14.5. The third kappa shape index (κ3) is 1.11. The summed E-state index contributed by atoms with van der Waals surface area (Å²) in [6.07, 6.45) is 0. The number of hydrogen-bond acceptors (Lipinski definition) is 0. The van der Waals surface area contributed by atoms with Gasteiger partial charge in [-0.1, -0.05) is 84.9 Å². The SMILES string of the molecule is c1ccc2c(c1)-c1ccccc1C21c2cccc3cccc1c23. The first-order valence-electron chi connectivity index (χ1n) is 8.14. The lowest BCUT2D eigenvalue weighted by molar-refractivity contribution is 0.745. The van der Waals surface area contributed by atoms with Gasteiger partial charge in [-0.25, -0.2) is 0 Å². The molecule has 0 N–H and O–H groups in total. The van der Waals surface area contributed by atoms with E-state index in [9.17, 15) is 0 Å². The van der Waals surface area contributed by atoms with E-state index in [1.807, 2.05) is 0 Å². The summed E-state index contributed by atoms with van der Waals surface area (Å²) in [5, 5.41) is 2.80. The first-order valence-corrected chi connectivity index (χ1v) is 8.14. The molecular weight excluding hydrogens is 276 g/mol. The third-order valence-corrected chi connectivity index (χ3v) is 5.67. The molecule has 0 heterocycles. The molecule has 1 spiro atoms. The molecule has 4 aromatic rings. The molecule has 0 saturated carbocycles. The summed E-state index contributed by atoms with van der Waals surface area (Å²) in [5.41, 5.74) is 8.50. The summed E-state index contributed by atoms with van der Waals surface area (Å²) in [5.74, 6) is 0. The molecule has 0 amide bonds. The van der Waals surface area contributed by atoms with Gasteiger partial charge in [-0.15, -0.1) is 0 Å². The molecule has 6 rings (SSSR count). The van der Waals surface area contributed by atoms with E-state index in [-0.39, 0.29) is 5.41 Å². The van der Waals surface area contributed by atoms with Crippen molar-refractivity contribution in [3.05, 3.63) is 107 Å². The van der Waals surface area contributed by atoms with E-state index in [2.05, 4.69) is 84.9 Å². The highest BCUT2D eigenvalue weighted by Crippen LogP contribution is 2.63. The fraction of sp³-hybridized carbons (Fsp3) is 0.0435. The summed E-state index contributed by atoms with van der Waals surface area (Å²) < 4.78 is 0. The van der Waals surface area contributed by atoms with Gasteiger partial charge in [0.1, 0.15) is 0 Å². The molecule has 2 aliphatic carbocycles. The third-order valence-electron chi connectivity index (χ3n) is 5.67. The van der Waals surface area contributed by atoms with E-state index < -0.39 is 0 Å². The molecule has 0 aromatic heterocycles. The summed E-state index contributed by atoms with van der Waals surface area (Å²) in [4.78, 5) is 0. The molecule has 0 radical (unpaired) electrons. The Morgan fingerprint density at radius 1 is 0.435 bits per heavy atom. The van der Waals surface area contributed by atoms with Gasteiger partial charge in [0.05, 0.1) is 5.41 Å². The Morgan fingerprint density at radius 3 is 1.48 bits per heavy atom. The van der Waals surface area contributed by atoms with Crippen molar-refractivity contribution in [1.82, 2.24) is 0 Å². The van der Waals surface area contributed by atoms with Gasteiger partial charge in [0.25, 0.3) is 0 Å². The molecule has 0 saturated heterocycles. The Labute approximate surface area is 135 Å². The molecule has 4 aromatic carbocycles. The maximum absolute atomic E-state index is 2.31. The predicted octanol–water partition coefficient (Wildman–Crippen LogP) is 5.52. The molecule has 0 bridgehead atoms. The number of hydrogen-bond donors (Lipinski definition) is 0. The second kappa shape index (κ2) is 3.72. The van der Waals surface area contributed by atoms with E-state index in [0.717, 1.165) is 0 Å². The van der Waals surface area contributed by atoms with Gasteiger partial charge >= 0.3 is 0 Å². The van der Waals surface area contributed by atoms with Crippen LogP contribution in [0.5, 0.6) is 0 Å². The minimum Gasteiger partial charge on any atom is -0.0619 e. The maximum atomic E-state index is 2.31. The quantitative estimate of drug-likeness (QED) is 0.346. The molecule has 0 atom stereocenters. The average Bonchev–Trinajstić information content (AvgIpc) is 2.93. The molecule has 0 fully saturated rings. The normalized spacial score (nSPS) is 15.3. The zero-order chi connectivity index (χ0) is 15.0. The van der Waals surface area contributed by atoms with Crippen molar-refractivity contribution in [2.45, 2.75) is 5.41 Å². The number of benzene rings is 4.